The Morgan fingerprint density at radius 3 is 2.45 bits per heavy atom. The average molecular weight is 402 g/mol. The largest absolute Gasteiger partial charge is 0.454 e. The van der Waals surface area contributed by atoms with Crippen LogP contribution in [-0.4, -0.2) is 41.6 Å². The van der Waals surface area contributed by atoms with Crippen molar-refractivity contribution in [2.75, 3.05) is 31.3 Å². The van der Waals surface area contributed by atoms with Crippen LogP contribution in [0.1, 0.15) is 34.6 Å². The molecule has 0 atom stereocenters. The number of nitrogen functional groups attached to an aromatic ring is 1. The number of anilines is 2. The van der Waals surface area contributed by atoms with Gasteiger partial charge in [0.05, 0.1) is 5.56 Å². The van der Waals surface area contributed by atoms with Crippen molar-refractivity contribution < 1.29 is 14.3 Å². The maximum Gasteiger partial charge on any atom is 0.338 e. The van der Waals surface area contributed by atoms with Gasteiger partial charge in [0.1, 0.15) is 11.4 Å². The number of ketones is 1. The quantitative estimate of drug-likeness (QED) is 0.540. The maximum atomic E-state index is 12.6. The van der Waals surface area contributed by atoms with E-state index in [4.69, 9.17) is 10.5 Å². The topological polar surface area (TPSA) is 117 Å². The number of Topliss-reactive ketones (excluding diaryl/α,β-unsaturated/α-hetero) is 1. The molecule has 0 amide bonds. The molecule has 0 bridgehead atoms. The third-order valence-corrected chi connectivity index (χ3v) is 4.34. The van der Waals surface area contributed by atoms with Gasteiger partial charge in [-0.15, -0.1) is 0 Å². The zero-order valence-corrected chi connectivity index (χ0v) is 17.3. The summed E-state index contributed by atoms with van der Waals surface area (Å²) in [6, 6.07) is 6.71. The molecule has 0 aliphatic heterocycles. The summed E-state index contributed by atoms with van der Waals surface area (Å²) in [5, 5.41) is 0. The molecule has 29 heavy (non-hydrogen) atoms. The smallest absolute Gasteiger partial charge is 0.338 e. The van der Waals surface area contributed by atoms with Crippen LogP contribution in [0.5, 0.6) is 0 Å². The van der Waals surface area contributed by atoms with E-state index in [2.05, 4.69) is 0 Å². The number of benzene rings is 1. The first-order valence-electron chi connectivity index (χ1n) is 9.11. The second-order valence-corrected chi connectivity index (χ2v) is 7.36. The van der Waals surface area contributed by atoms with Crippen molar-refractivity contribution in [1.29, 1.82) is 0 Å². The van der Waals surface area contributed by atoms with Gasteiger partial charge >= 0.3 is 11.7 Å². The minimum atomic E-state index is -0.817. The normalized spacial score (nSPS) is 10.8. The molecule has 2 N–H and O–H groups in total. The second-order valence-electron chi connectivity index (χ2n) is 7.36. The van der Waals surface area contributed by atoms with Crippen molar-refractivity contribution in [3.63, 3.8) is 0 Å². The summed E-state index contributed by atoms with van der Waals surface area (Å²) in [5.74, 6) is -1.62. The van der Waals surface area contributed by atoms with Crippen LogP contribution in [0.15, 0.2) is 33.9 Å². The summed E-state index contributed by atoms with van der Waals surface area (Å²) in [6.07, 6.45) is 0. The van der Waals surface area contributed by atoms with Crippen molar-refractivity contribution in [3.05, 3.63) is 56.2 Å². The first-order chi connectivity index (χ1) is 13.5. The fraction of sp³-hybridized carbons (Fsp3) is 0.400. The average Bonchev–Trinajstić information content (AvgIpc) is 2.67. The summed E-state index contributed by atoms with van der Waals surface area (Å²) in [6.45, 7) is 3.34. The predicted molar refractivity (Wildman–Crippen MR) is 111 cm³/mol. The zero-order chi connectivity index (χ0) is 21.9. The van der Waals surface area contributed by atoms with Gasteiger partial charge in [-0.05, 0) is 24.1 Å². The molecule has 1 aromatic carbocycles. The standard InChI is InChI=1S/C20H26N4O5/c1-12(2)10-24-17(21)16(18(26)23(5)20(24)28)15(25)11-29-19(27)13-7-6-8-14(9-13)22(3)4/h6-9,12H,10-11,21H2,1-5H3. The molecule has 0 aliphatic rings. The molecule has 0 unspecified atom stereocenters. The highest BCUT2D eigenvalue weighted by Gasteiger charge is 2.23. The Bertz CT molecular complexity index is 1050. The van der Waals surface area contributed by atoms with E-state index in [1.165, 1.54) is 11.6 Å². The highest BCUT2D eigenvalue weighted by Crippen LogP contribution is 2.15. The molecule has 0 radical (unpaired) electrons. The first-order valence-corrected chi connectivity index (χ1v) is 9.11. The molecular weight excluding hydrogens is 376 g/mol. The summed E-state index contributed by atoms with van der Waals surface area (Å²) >= 11 is 0. The van der Waals surface area contributed by atoms with Crippen LogP contribution < -0.4 is 21.9 Å². The van der Waals surface area contributed by atoms with Crippen molar-refractivity contribution in [2.24, 2.45) is 13.0 Å². The van der Waals surface area contributed by atoms with Gasteiger partial charge in [-0.3, -0.25) is 18.7 Å². The van der Waals surface area contributed by atoms with E-state index >= 15 is 0 Å². The molecule has 9 heteroatoms. The molecule has 0 saturated carbocycles. The third kappa shape index (κ3) is 4.74. The molecule has 0 spiro atoms. The van der Waals surface area contributed by atoms with Gasteiger partial charge in [0.2, 0.25) is 5.78 Å². The lowest BCUT2D eigenvalue weighted by Crippen LogP contribution is -2.43. The van der Waals surface area contributed by atoms with Crippen molar-refractivity contribution >= 4 is 23.3 Å². The highest BCUT2D eigenvalue weighted by atomic mass is 16.5. The Kier molecular flexibility index (Phi) is 6.63. The fourth-order valence-electron chi connectivity index (χ4n) is 2.78. The second kappa shape index (κ2) is 8.76. The van der Waals surface area contributed by atoms with E-state index in [-0.39, 0.29) is 29.4 Å². The monoisotopic (exact) mass is 402 g/mol. The molecule has 0 fully saturated rings. The van der Waals surface area contributed by atoms with Crippen LogP contribution in [0, 0.1) is 5.92 Å². The van der Waals surface area contributed by atoms with Gasteiger partial charge in [0.25, 0.3) is 5.56 Å². The zero-order valence-electron chi connectivity index (χ0n) is 17.3. The molecule has 156 valence electrons. The third-order valence-electron chi connectivity index (χ3n) is 4.34. The first kappa shape index (κ1) is 21.9. The van der Waals surface area contributed by atoms with Crippen molar-refractivity contribution in [1.82, 2.24) is 9.13 Å². The Balaban J connectivity index is 2.28. The van der Waals surface area contributed by atoms with E-state index in [9.17, 15) is 19.2 Å². The van der Waals surface area contributed by atoms with Crippen molar-refractivity contribution in [2.45, 2.75) is 20.4 Å². The number of esters is 1. The summed E-state index contributed by atoms with van der Waals surface area (Å²) in [5.41, 5.74) is 5.25. The number of hydrogen-bond donors (Lipinski definition) is 1. The lowest BCUT2D eigenvalue weighted by molar-refractivity contribution is 0.0474. The van der Waals surface area contributed by atoms with E-state index in [1.807, 2.05) is 38.9 Å². The maximum absolute atomic E-state index is 12.6. The molecule has 1 heterocycles. The Labute approximate surface area is 168 Å². The number of carbonyl (C=O) groups excluding carboxylic acids is 2. The Morgan fingerprint density at radius 1 is 1.21 bits per heavy atom. The number of rotatable bonds is 7. The molecular formula is C20H26N4O5. The van der Waals surface area contributed by atoms with Gasteiger partial charge in [0.15, 0.2) is 6.61 Å². The number of nitrogens with zero attached hydrogens (tertiary/aromatic N) is 3. The van der Waals surface area contributed by atoms with Crippen LogP contribution in [-0.2, 0) is 18.3 Å². The molecule has 0 saturated heterocycles. The summed E-state index contributed by atoms with van der Waals surface area (Å²) < 4.78 is 7.09. The number of aromatic nitrogens is 2. The van der Waals surface area contributed by atoms with Crippen LogP contribution in [0.4, 0.5) is 11.5 Å². The van der Waals surface area contributed by atoms with E-state index in [1.54, 1.807) is 18.2 Å². The van der Waals surface area contributed by atoms with Gasteiger partial charge in [-0.1, -0.05) is 19.9 Å². The minimum Gasteiger partial charge on any atom is -0.454 e. The molecule has 2 aromatic rings. The van der Waals surface area contributed by atoms with Gasteiger partial charge in [0, 0.05) is 33.4 Å². The van der Waals surface area contributed by atoms with Gasteiger partial charge in [-0.2, -0.15) is 0 Å². The molecule has 2 rings (SSSR count). The lowest BCUT2D eigenvalue weighted by atomic mass is 10.1. The molecule has 0 aliphatic carbocycles. The van der Waals surface area contributed by atoms with E-state index < -0.39 is 29.6 Å². The number of ether oxygens (including phenoxy) is 1. The number of nitrogens with two attached hydrogens (primary N) is 1. The Hall–Kier alpha value is -3.36. The number of hydrogen-bond acceptors (Lipinski definition) is 7. The van der Waals surface area contributed by atoms with E-state index in [0.29, 0.717) is 0 Å². The summed E-state index contributed by atoms with van der Waals surface area (Å²) in [4.78, 5) is 51.5. The van der Waals surface area contributed by atoms with Crippen LogP contribution in [0.2, 0.25) is 0 Å². The van der Waals surface area contributed by atoms with Crippen LogP contribution in [0.3, 0.4) is 0 Å². The van der Waals surface area contributed by atoms with Crippen molar-refractivity contribution in [3.8, 4) is 0 Å². The van der Waals surface area contributed by atoms with Gasteiger partial charge < -0.3 is 15.4 Å². The van der Waals surface area contributed by atoms with Crippen LogP contribution >= 0.6 is 0 Å². The minimum absolute atomic E-state index is 0.0669. The fourth-order valence-corrected chi connectivity index (χ4v) is 2.78. The number of carbonyl (C=O) groups is 2. The van der Waals surface area contributed by atoms with E-state index in [0.717, 1.165) is 10.3 Å². The molecule has 1 aromatic heterocycles. The van der Waals surface area contributed by atoms with Crippen LogP contribution in [0.25, 0.3) is 0 Å². The predicted octanol–water partition coefficient (Wildman–Crippen LogP) is 0.891. The Morgan fingerprint density at radius 2 is 1.86 bits per heavy atom. The highest BCUT2D eigenvalue weighted by molar-refractivity contribution is 6.02. The molecule has 9 nitrogen and oxygen atoms in total. The summed E-state index contributed by atoms with van der Waals surface area (Å²) in [7, 11) is 4.94. The lowest BCUT2D eigenvalue weighted by Gasteiger charge is -2.16. The SMILES string of the molecule is CC(C)Cn1c(N)c(C(=O)COC(=O)c2cccc(N(C)C)c2)c(=O)n(C)c1=O. The van der Waals surface area contributed by atoms with Gasteiger partial charge in [-0.25, -0.2) is 9.59 Å².